The summed E-state index contributed by atoms with van der Waals surface area (Å²) >= 11 is 0. The topological polar surface area (TPSA) is 75.6 Å². The Balaban J connectivity index is 2.62. The van der Waals surface area contributed by atoms with Crippen LogP contribution in [0.3, 0.4) is 0 Å². The van der Waals surface area contributed by atoms with Crippen LogP contribution in [0.15, 0.2) is 30.3 Å². The van der Waals surface area contributed by atoms with Crippen LogP contribution in [0.2, 0.25) is 0 Å². The third-order valence-electron chi connectivity index (χ3n) is 2.42. The number of ether oxygens (including phenoxy) is 1. The van der Waals surface area contributed by atoms with Crippen molar-refractivity contribution in [3.63, 3.8) is 0 Å². The quantitative estimate of drug-likeness (QED) is 0.613. The molecule has 102 valence electrons. The highest BCUT2D eigenvalue weighted by Gasteiger charge is 2.04. The van der Waals surface area contributed by atoms with Gasteiger partial charge in [0, 0.05) is 12.1 Å². The molecule has 1 amide bonds. The van der Waals surface area contributed by atoms with Crippen molar-refractivity contribution < 1.29 is 19.4 Å². The lowest BCUT2D eigenvalue weighted by atomic mass is 10.1. The normalized spacial score (nSPS) is 12.2. The van der Waals surface area contributed by atoms with Gasteiger partial charge in [0.1, 0.15) is 0 Å². The summed E-state index contributed by atoms with van der Waals surface area (Å²) in [6, 6.07) is 6.40. The molecule has 1 unspecified atom stereocenters. The number of carbonyl (C=O) groups excluding carboxylic acids is 2. The van der Waals surface area contributed by atoms with Gasteiger partial charge in [-0.25, -0.2) is 4.79 Å². The SMILES string of the molecule is COC(=O)c1ccc(/C=C/C(=O)NC(C)CO)cc1. The number of aliphatic hydroxyl groups excluding tert-OH is 1. The maximum atomic E-state index is 11.4. The van der Waals surface area contributed by atoms with Gasteiger partial charge in [-0.15, -0.1) is 0 Å². The maximum Gasteiger partial charge on any atom is 0.337 e. The van der Waals surface area contributed by atoms with Crippen LogP contribution in [0.4, 0.5) is 0 Å². The average Bonchev–Trinajstić information content (AvgIpc) is 2.44. The van der Waals surface area contributed by atoms with Crippen LogP contribution in [-0.4, -0.2) is 36.7 Å². The maximum absolute atomic E-state index is 11.4. The van der Waals surface area contributed by atoms with E-state index in [0.29, 0.717) is 5.56 Å². The molecule has 5 nitrogen and oxygen atoms in total. The first-order chi connectivity index (χ1) is 9.06. The number of hydrogen-bond acceptors (Lipinski definition) is 4. The number of hydrogen-bond donors (Lipinski definition) is 2. The van der Waals surface area contributed by atoms with Gasteiger partial charge in [0.15, 0.2) is 0 Å². The van der Waals surface area contributed by atoms with Crippen LogP contribution in [-0.2, 0) is 9.53 Å². The first kappa shape index (κ1) is 14.9. The van der Waals surface area contributed by atoms with E-state index in [-0.39, 0.29) is 18.6 Å². The Labute approximate surface area is 111 Å². The van der Waals surface area contributed by atoms with Crippen molar-refractivity contribution in [2.75, 3.05) is 13.7 Å². The highest BCUT2D eigenvalue weighted by Crippen LogP contribution is 2.07. The number of carbonyl (C=O) groups is 2. The number of nitrogens with one attached hydrogen (secondary N) is 1. The first-order valence-electron chi connectivity index (χ1n) is 5.84. The largest absolute Gasteiger partial charge is 0.465 e. The average molecular weight is 263 g/mol. The number of rotatable bonds is 5. The van der Waals surface area contributed by atoms with Gasteiger partial charge in [-0.2, -0.15) is 0 Å². The summed E-state index contributed by atoms with van der Waals surface area (Å²) in [5, 5.41) is 11.4. The van der Waals surface area contributed by atoms with Crippen LogP contribution in [0.5, 0.6) is 0 Å². The number of amides is 1. The van der Waals surface area contributed by atoms with Gasteiger partial charge in [-0.05, 0) is 30.7 Å². The van der Waals surface area contributed by atoms with Crippen molar-refractivity contribution in [1.29, 1.82) is 0 Å². The zero-order valence-corrected chi connectivity index (χ0v) is 10.9. The predicted molar refractivity (Wildman–Crippen MR) is 71.5 cm³/mol. The van der Waals surface area contributed by atoms with E-state index in [4.69, 9.17) is 5.11 Å². The molecule has 0 bridgehead atoms. The van der Waals surface area contributed by atoms with E-state index in [0.717, 1.165) is 5.56 Å². The standard InChI is InChI=1S/C14H17NO4/c1-10(9-16)15-13(17)8-5-11-3-6-12(7-4-11)14(18)19-2/h3-8,10,16H,9H2,1-2H3,(H,15,17)/b8-5+. The molecule has 1 atom stereocenters. The van der Waals surface area contributed by atoms with Crippen LogP contribution in [0.1, 0.15) is 22.8 Å². The van der Waals surface area contributed by atoms with Crippen molar-refractivity contribution in [3.8, 4) is 0 Å². The second-order valence-corrected chi connectivity index (χ2v) is 4.04. The minimum absolute atomic E-state index is 0.104. The van der Waals surface area contributed by atoms with Gasteiger partial charge >= 0.3 is 5.97 Å². The van der Waals surface area contributed by atoms with Crippen molar-refractivity contribution in [1.82, 2.24) is 5.32 Å². The molecular weight excluding hydrogens is 246 g/mol. The molecule has 0 spiro atoms. The third kappa shape index (κ3) is 4.93. The molecule has 0 saturated heterocycles. The zero-order valence-electron chi connectivity index (χ0n) is 10.9. The molecule has 0 aliphatic rings. The summed E-state index contributed by atoms with van der Waals surface area (Å²) < 4.78 is 4.59. The summed E-state index contributed by atoms with van der Waals surface area (Å²) in [4.78, 5) is 22.6. The predicted octanol–water partition coefficient (Wildman–Crippen LogP) is 0.983. The minimum Gasteiger partial charge on any atom is -0.465 e. The van der Waals surface area contributed by atoms with E-state index < -0.39 is 5.97 Å². The molecular formula is C14H17NO4. The van der Waals surface area contributed by atoms with Gasteiger partial charge in [0.2, 0.25) is 5.91 Å². The second kappa shape index (κ2) is 7.33. The number of aliphatic hydroxyl groups is 1. The van der Waals surface area contributed by atoms with Gasteiger partial charge in [0.05, 0.1) is 19.3 Å². The Kier molecular flexibility index (Phi) is 5.75. The molecule has 1 rings (SSSR count). The van der Waals surface area contributed by atoms with Gasteiger partial charge in [-0.3, -0.25) is 4.79 Å². The lowest BCUT2D eigenvalue weighted by molar-refractivity contribution is -0.117. The summed E-state index contributed by atoms with van der Waals surface area (Å²) in [5.41, 5.74) is 1.25. The van der Waals surface area contributed by atoms with Gasteiger partial charge in [-0.1, -0.05) is 12.1 Å². The Hall–Kier alpha value is -2.14. The monoisotopic (exact) mass is 263 g/mol. The van der Waals surface area contributed by atoms with Crippen molar-refractivity contribution in [2.24, 2.45) is 0 Å². The number of methoxy groups -OCH3 is 1. The van der Waals surface area contributed by atoms with E-state index >= 15 is 0 Å². The van der Waals surface area contributed by atoms with Gasteiger partial charge < -0.3 is 15.2 Å². The molecule has 0 aromatic heterocycles. The van der Waals surface area contributed by atoms with Crippen LogP contribution in [0, 0.1) is 0 Å². The molecule has 0 fully saturated rings. The fourth-order valence-electron chi connectivity index (χ4n) is 1.36. The van der Waals surface area contributed by atoms with Crippen molar-refractivity contribution >= 4 is 18.0 Å². The fraction of sp³-hybridized carbons (Fsp3) is 0.286. The van der Waals surface area contributed by atoms with E-state index in [2.05, 4.69) is 10.1 Å². The molecule has 0 aliphatic heterocycles. The highest BCUT2D eigenvalue weighted by atomic mass is 16.5. The van der Waals surface area contributed by atoms with Crippen LogP contribution in [0.25, 0.3) is 6.08 Å². The summed E-state index contributed by atoms with van der Waals surface area (Å²) in [6.45, 7) is 1.60. The van der Waals surface area contributed by atoms with E-state index in [9.17, 15) is 9.59 Å². The number of esters is 1. The van der Waals surface area contributed by atoms with Crippen molar-refractivity contribution in [2.45, 2.75) is 13.0 Å². The smallest absolute Gasteiger partial charge is 0.337 e. The van der Waals surface area contributed by atoms with Gasteiger partial charge in [0.25, 0.3) is 0 Å². The first-order valence-corrected chi connectivity index (χ1v) is 5.84. The lowest BCUT2D eigenvalue weighted by Crippen LogP contribution is -2.33. The molecule has 1 aromatic carbocycles. The second-order valence-electron chi connectivity index (χ2n) is 4.04. The van der Waals surface area contributed by atoms with E-state index in [1.807, 2.05) is 0 Å². The molecule has 0 saturated carbocycles. The highest BCUT2D eigenvalue weighted by molar-refractivity contribution is 5.92. The molecule has 0 radical (unpaired) electrons. The summed E-state index contributed by atoms with van der Waals surface area (Å²) in [6.07, 6.45) is 3.00. The molecule has 0 aliphatic carbocycles. The molecule has 5 heteroatoms. The zero-order chi connectivity index (χ0) is 14.3. The Bertz CT molecular complexity index is 465. The molecule has 19 heavy (non-hydrogen) atoms. The third-order valence-corrected chi connectivity index (χ3v) is 2.42. The molecule has 2 N–H and O–H groups in total. The Morgan fingerprint density at radius 3 is 2.53 bits per heavy atom. The minimum atomic E-state index is -0.398. The Morgan fingerprint density at radius 2 is 2.00 bits per heavy atom. The van der Waals surface area contributed by atoms with Crippen LogP contribution < -0.4 is 5.32 Å². The number of benzene rings is 1. The fourth-order valence-corrected chi connectivity index (χ4v) is 1.36. The van der Waals surface area contributed by atoms with E-state index in [1.165, 1.54) is 13.2 Å². The van der Waals surface area contributed by atoms with E-state index in [1.54, 1.807) is 37.3 Å². The molecule has 0 heterocycles. The van der Waals surface area contributed by atoms with Crippen molar-refractivity contribution in [3.05, 3.63) is 41.5 Å². The Morgan fingerprint density at radius 1 is 1.37 bits per heavy atom. The lowest BCUT2D eigenvalue weighted by Gasteiger charge is -2.07. The summed E-state index contributed by atoms with van der Waals surface area (Å²) in [5.74, 6) is -0.677. The molecule has 1 aromatic rings. The van der Waals surface area contributed by atoms with Crippen LogP contribution >= 0.6 is 0 Å². The summed E-state index contributed by atoms with van der Waals surface area (Å²) in [7, 11) is 1.32.